The van der Waals surface area contributed by atoms with Crippen LogP contribution in [0.15, 0.2) is 11.1 Å². The average molecular weight is 217 g/mol. The van der Waals surface area contributed by atoms with Crippen LogP contribution in [0, 0.1) is 36.5 Å². The number of aromatic nitrogens is 1. The molecule has 3 nitrogen and oxygen atoms in total. The SMILES string of the molecule is Cc1cc(C)c(C#N)c(SC(C)C#N)n1. The molecule has 0 bridgehead atoms. The summed E-state index contributed by atoms with van der Waals surface area (Å²) in [6.07, 6.45) is 0. The molecule has 0 aliphatic rings. The highest BCUT2D eigenvalue weighted by Crippen LogP contribution is 2.26. The van der Waals surface area contributed by atoms with Gasteiger partial charge in [0, 0.05) is 5.69 Å². The van der Waals surface area contributed by atoms with Crippen LogP contribution >= 0.6 is 11.8 Å². The number of hydrogen-bond donors (Lipinski definition) is 0. The van der Waals surface area contributed by atoms with Crippen LogP contribution in [0.3, 0.4) is 0 Å². The maximum atomic E-state index is 8.99. The zero-order valence-electron chi connectivity index (χ0n) is 8.90. The highest BCUT2D eigenvalue weighted by Gasteiger charge is 2.12. The van der Waals surface area contributed by atoms with Crippen molar-refractivity contribution in [2.24, 2.45) is 0 Å². The second-order valence-electron chi connectivity index (χ2n) is 3.26. The van der Waals surface area contributed by atoms with Crippen molar-refractivity contribution in [3.63, 3.8) is 0 Å². The third kappa shape index (κ3) is 2.71. The number of nitrogens with zero attached hydrogens (tertiary/aromatic N) is 3. The van der Waals surface area contributed by atoms with Gasteiger partial charge in [0.25, 0.3) is 0 Å². The van der Waals surface area contributed by atoms with Crippen molar-refractivity contribution in [1.29, 1.82) is 10.5 Å². The van der Waals surface area contributed by atoms with Gasteiger partial charge in [-0.15, -0.1) is 0 Å². The maximum absolute atomic E-state index is 8.99. The summed E-state index contributed by atoms with van der Waals surface area (Å²) in [4.78, 5) is 4.28. The quantitative estimate of drug-likeness (QED) is 0.714. The molecule has 0 aliphatic carbocycles. The lowest BCUT2D eigenvalue weighted by Gasteiger charge is -2.07. The summed E-state index contributed by atoms with van der Waals surface area (Å²) >= 11 is 1.33. The van der Waals surface area contributed by atoms with Crippen LogP contribution in [0.1, 0.15) is 23.7 Å². The Bertz CT molecular complexity index is 454. The Hall–Kier alpha value is -1.52. The molecule has 0 saturated heterocycles. The molecule has 0 fully saturated rings. The molecule has 76 valence electrons. The average Bonchev–Trinajstić information content (AvgIpc) is 2.17. The van der Waals surface area contributed by atoms with Crippen LogP contribution in [-0.2, 0) is 0 Å². The van der Waals surface area contributed by atoms with Gasteiger partial charge in [-0.3, -0.25) is 0 Å². The molecule has 4 heteroatoms. The molecule has 0 aliphatic heterocycles. The molecule has 0 N–H and O–H groups in total. The summed E-state index contributed by atoms with van der Waals surface area (Å²) in [5.74, 6) is 0. The summed E-state index contributed by atoms with van der Waals surface area (Å²) in [5, 5.41) is 18.2. The van der Waals surface area contributed by atoms with Crippen molar-refractivity contribution in [2.75, 3.05) is 0 Å². The van der Waals surface area contributed by atoms with Crippen LogP contribution in [0.5, 0.6) is 0 Å². The number of thioether (sulfide) groups is 1. The fourth-order valence-electron chi connectivity index (χ4n) is 1.22. The van der Waals surface area contributed by atoms with Gasteiger partial charge in [0.15, 0.2) is 0 Å². The Labute approximate surface area is 93.7 Å². The van der Waals surface area contributed by atoms with Crippen molar-refractivity contribution in [1.82, 2.24) is 4.98 Å². The van der Waals surface area contributed by atoms with E-state index >= 15 is 0 Å². The first-order chi connectivity index (χ1) is 7.08. The normalized spacial score (nSPS) is 11.5. The topological polar surface area (TPSA) is 60.5 Å². The van der Waals surface area contributed by atoms with E-state index in [9.17, 15) is 0 Å². The Balaban J connectivity index is 3.18. The summed E-state index contributed by atoms with van der Waals surface area (Å²) in [6, 6.07) is 6.12. The first-order valence-electron chi connectivity index (χ1n) is 4.53. The Kier molecular flexibility index (Phi) is 3.71. The molecule has 1 heterocycles. The van der Waals surface area contributed by atoms with E-state index in [4.69, 9.17) is 10.5 Å². The predicted molar refractivity (Wildman–Crippen MR) is 59.4 cm³/mol. The minimum atomic E-state index is -0.189. The second-order valence-corrected chi connectivity index (χ2v) is 4.59. The monoisotopic (exact) mass is 217 g/mol. The van der Waals surface area contributed by atoms with Crippen LogP contribution < -0.4 is 0 Å². The van der Waals surface area contributed by atoms with Crippen molar-refractivity contribution < 1.29 is 0 Å². The predicted octanol–water partition coefficient (Wildman–Crippen LogP) is 2.57. The van der Waals surface area contributed by atoms with Crippen molar-refractivity contribution in [2.45, 2.75) is 31.0 Å². The van der Waals surface area contributed by atoms with Gasteiger partial charge in [-0.2, -0.15) is 10.5 Å². The number of aryl methyl sites for hydroxylation is 2. The Morgan fingerprint density at radius 3 is 2.60 bits per heavy atom. The number of pyridine rings is 1. The van der Waals surface area contributed by atoms with Gasteiger partial charge in [-0.1, -0.05) is 11.8 Å². The van der Waals surface area contributed by atoms with Crippen LogP contribution in [-0.4, -0.2) is 10.2 Å². The molecule has 1 atom stereocenters. The van der Waals surface area contributed by atoms with Gasteiger partial charge >= 0.3 is 0 Å². The van der Waals surface area contributed by atoms with Gasteiger partial charge in [0.05, 0.1) is 16.9 Å². The molecule has 0 aromatic carbocycles. The molecule has 15 heavy (non-hydrogen) atoms. The number of hydrogen-bond acceptors (Lipinski definition) is 4. The fraction of sp³-hybridized carbons (Fsp3) is 0.364. The van der Waals surface area contributed by atoms with Gasteiger partial charge in [-0.25, -0.2) is 4.98 Å². The summed E-state index contributed by atoms with van der Waals surface area (Å²) in [5.41, 5.74) is 2.37. The van der Waals surface area contributed by atoms with E-state index in [-0.39, 0.29) is 5.25 Å². The van der Waals surface area contributed by atoms with E-state index in [0.29, 0.717) is 10.6 Å². The second kappa shape index (κ2) is 4.82. The van der Waals surface area contributed by atoms with Crippen LogP contribution in [0.4, 0.5) is 0 Å². The molecular formula is C11H11N3S. The van der Waals surface area contributed by atoms with Crippen LogP contribution in [0.25, 0.3) is 0 Å². The zero-order valence-corrected chi connectivity index (χ0v) is 9.72. The highest BCUT2D eigenvalue weighted by atomic mass is 32.2. The fourth-order valence-corrected chi connectivity index (χ4v) is 2.13. The first kappa shape index (κ1) is 11.6. The molecule has 0 spiro atoms. The summed E-state index contributed by atoms with van der Waals surface area (Å²) in [6.45, 7) is 5.56. The standard InChI is InChI=1S/C11H11N3S/c1-7-4-8(2)14-11(10(7)6-13)15-9(3)5-12/h4,9H,1-3H3. The lowest BCUT2D eigenvalue weighted by Crippen LogP contribution is -1.98. The lowest BCUT2D eigenvalue weighted by atomic mass is 10.1. The maximum Gasteiger partial charge on any atom is 0.116 e. The molecular weight excluding hydrogens is 206 g/mol. The van der Waals surface area contributed by atoms with E-state index in [2.05, 4.69) is 17.1 Å². The number of nitriles is 2. The first-order valence-corrected chi connectivity index (χ1v) is 5.41. The largest absolute Gasteiger partial charge is 0.245 e. The molecule has 0 radical (unpaired) electrons. The summed E-state index contributed by atoms with van der Waals surface area (Å²) in [7, 11) is 0. The van der Waals surface area contributed by atoms with E-state index in [0.717, 1.165) is 11.3 Å². The highest BCUT2D eigenvalue weighted by molar-refractivity contribution is 8.00. The van der Waals surface area contributed by atoms with Gasteiger partial charge < -0.3 is 0 Å². The minimum Gasteiger partial charge on any atom is -0.245 e. The lowest BCUT2D eigenvalue weighted by molar-refractivity contribution is 1.02. The van der Waals surface area contributed by atoms with Gasteiger partial charge in [0.1, 0.15) is 11.1 Å². The molecule has 1 unspecified atom stereocenters. The van der Waals surface area contributed by atoms with E-state index in [1.165, 1.54) is 11.8 Å². The van der Waals surface area contributed by atoms with Gasteiger partial charge in [-0.05, 0) is 32.4 Å². The van der Waals surface area contributed by atoms with Crippen LogP contribution in [0.2, 0.25) is 0 Å². The zero-order chi connectivity index (χ0) is 11.4. The minimum absolute atomic E-state index is 0.189. The molecule has 1 aromatic heterocycles. The third-order valence-corrected chi connectivity index (χ3v) is 2.87. The van der Waals surface area contributed by atoms with E-state index in [1.807, 2.05) is 19.9 Å². The molecule has 0 saturated carbocycles. The summed E-state index contributed by atoms with van der Waals surface area (Å²) < 4.78 is 0. The smallest absolute Gasteiger partial charge is 0.116 e. The van der Waals surface area contributed by atoms with E-state index < -0.39 is 0 Å². The van der Waals surface area contributed by atoms with Crippen molar-refractivity contribution >= 4 is 11.8 Å². The molecule has 0 amide bonds. The van der Waals surface area contributed by atoms with Crippen molar-refractivity contribution in [3.8, 4) is 12.1 Å². The van der Waals surface area contributed by atoms with Crippen molar-refractivity contribution in [3.05, 3.63) is 22.9 Å². The Morgan fingerprint density at radius 2 is 2.07 bits per heavy atom. The molecule has 1 rings (SSSR count). The van der Waals surface area contributed by atoms with E-state index in [1.54, 1.807) is 6.92 Å². The van der Waals surface area contributed by atoms with Gasteiger partial charge in [0.2, 0.25) is 0 Å². The third-order valence-electron chi connectivity index (χ3n) is 1.89. The Morgan fingerprint density at radius 1 is 1.40 bits per heavy atom. The number of rotatable bonds is 2. The molecule has 1 aromatic rings.